The normalized spacial score (nSPS) is 11.6. The molecule has 1 amide bonds. The Morgan fingerprint density at radius 1 is 1.52 bits per heavy atom. The first kappa shape index (κ1) is 15.7. The van der Waals surface area contributed by atoms with Crippen molar-refractivity contribution in [2.75, 3.05) is 6.54 Å². The first-order valence-corrected chi connectivity index (χ1v) is 7.59. The third-order valence-corrected chi connectivity index (χ3v) is 3.79. The van der Waals surface area contributed by atoms with Crippen LogP contribution in [0.3, 0.4) is 0 Å². The summed E-state index contributed by atoms with van der Waals surface area (Å²) in [5.74, 6) is 1.41. The zero-order chi connectivity index (χ0) is 15.5. The number of thioether (sulfide) groups is 1. The topological polar surface area (TPSA) is 86.1 Å². The van der Waals surface area contributed by atoms with Crippen molar-refractivity contribution >= 4 is 17.7 Å². The van der Waals surface area contributed by atoms with Gasteiger partial charge in [0.05, 0.1) is 5.75 Å². The van der Waals surface area contributed by atoms with Gasteiger partial charge in [0.25, 0.3) is 5.91 Å². The van der Waals surface area contributed by atoms with Crippen LogP contribution in [0.4, 0.5) is 0 Å². The average molecular weight is 308 g/mol. The third-order valence-electron chi connectivity index (χ3n) is 2.71. The van der Waals surface area contributed by atoms with E-state index in [0.717, 1.165) is 10.9 Å². The van der Waals surface area contributed by atoms with Gasteiger partial charge in [-0.1, -0.05) is 11.8 Å². The number of furan rings is 1. The predicted molar refractivity (Wildman–Crippen MR) is 82.1 cm³/mol. The Morgan fingerprint density at radius 2 is 2.29 bits per heavy atom. The quantitative estimate of drug-likeness (QED) is 0.794. The van der Waals surface area contributed by atoms with E-state index in [-0.39, 0.29) is 5.91 Å². The Hall–Kier alpha value is -1.73. The van der Waals surface area contributed by atoms with E-state index in [9.17, 15) is 4.79 Å². The van der Waals surface area contributed by atoms with E-state index in [0.29, 0.717) is 18.1 Å². The molecule has 0 aliphatic rings. The van der Waals surface area contributed by atoms with Gasteiger partial charge >= 0.3 is 0 Å². The molecule has 21 heavy (non-hydrogen) atoms. The minimum Gasteiger partial charge on any atom is -0.455 e. The summed E-state index contributed by atoms with van der Waals surface area (Å²) in [6.45, 7) is 4.10. The maximum absolute atomic E-state index is 11.9. The van der Waals surface area contributed by atoms with E-state index in [1.807, 2.05) is 31.7 Å². The summed E-state index contributed by atoms with van der Waals surface area (Å²) in [6, 6.07) is 3.48. The Bertz CT molecular complexity index is 613. The summed E-state index contributed by atoms with van der Waals surface area (Å²) in [4.78, 5) is 16.1. The Balaban J connectivity index is 1.89. The molecule has 0 unspecified atom stereocenters. The number of amides is 1. The highest BCUT2D eigenvalue weighted by Crippen LogP contribution is 2.21. The van der Waals surface area contributed by atoms with Crippen LogP contribution in [0.25, 0.3) is 0 Å². The van der Waals surface area contributed by atoms with Crippen LogP contribution in [-0.2, 0) is 12.8 Å². The number of nitrogens with two attached hydrogens (primary N) is 1. The molecule has 6 nitrogen and oxygen atoms in total. The van der Waals surface area contributed by atoms with Gasteiger partial charge in [-0.2, -0.15) is 0 Å². The summed E-state index contributed by atoms with van der Waals surface area (Å²) in [7, 11) is 1.94. The van der Waals surface area contributed by atoms with Gasteiger partial charge in [0.15, 0.2) is 10.9 Å². The van der Waals surface area contributed by atoms with Gasteiger partial charge in [0.1, 0.15) is 5.76 Å². The zero-order valence-corrected chi connectivity index (χ0v) is 13.2. The number of nitrogens with one attached hydrogen (secondary N) is 1. The third kappa shape index (κ3) is 4.64. The molecule has 0 bridgehead atoms. The maximum Gasteiger partial charge on any atom is 0.287 e. The SMILES string of the molecule is Cn1ccnc1SCc1ccc(C(=O)NCC(C)(C)N)o1. The van der Waals surface area contributed by atoms with Crippen molar-refractivity contribution in [1.82, 2.24) is 14.9 Å². The molecule has 0 aliphatic heterocycles. The standard InChI is InChI=1S/C14H20N4O2S/c1-14(2,15)9-17-12(19)11-5-4-10(20-11)8-21-13-16-6-7-18(13)3/h4-7H,8-9,15H2,1-3H3,(H,17,19). The number of rotatable bonds is 6. The Labute approximate surface area is 128 Å². The number of aromatic nitrogens is 2. The fraction of sp³-hybridized carbons (Fsp3) is 0.429. The minimum absolute atomic E-state index is 0.248. The van der Waals surface area contributed by atoms with Crippen molar-refractivity contribution in [2.24, 2.45) is 12.8 Å². The molecule has 0 radical (unpaired) electrons. The number of imidazole rings is 1. The van der Waals surface area contributed by atoms with Gasteiger partial charge in [-0.15, -0.1) is 0 Å². The molecule has 3 N–H and O–H groups in total. The molecule has 0 saturated heterocycles. The fourth-order valence-corrected chi connectivity index (χ4v) is 2.43. The molecule has 0 aliphatic carbocycles. The monoisotopic (exact) mass is 308 g/mol. The minimum atomic E-state index is -0.445. The van der Waals surface area contributed by atoms with Crippen molar-refractivity contribution in [1.29, 1.82) is 0 Å². The van der Waals surface area contributed by atoms with Gasteiger partial charge in [-0.25, -0.2) is 4.98 Å². The second-order valence-corrected chi connectivity index (χ2v) is 6.49. The van der Waals surface area contributed by atoms with Crippen LogP contribution in [0.2, 0.25) is 0 Å². The van der Waals surface area contributed by atoms with Gasteiger partial charge < -0.3 is 20.0 Å². The van der Waals surface area contributed by atoms with E-state index in [2.05, 4.69) is 10.3 Å². The number of carbonyl (C=O) groups is 1. The molecule has 0 fully saturated rings. The summed E-state index contributed by atoms with van der Waals surface area (Å²) in [5.41, 5.74) is 5.38. The van der Waals surface area contributed by atoms with Crippen molar-refractivity contribution in [3.8, 4) is 0 Å². The van der Waals surface area contributed by atoms with Crippen LogP contribution in [0.5, 0.6) is 0 Å². The molecular formula is C14H20N4O2S. The van der Waals surface area contributed by atoms with Crippen LogP contribution >= 0.6 is 11.8 Å². The molecule has 0 aromatic carbocycles. The molecule has 2 heterocycles. The molecule has 7 heteroatoms. The van der Waals surface area contributed by atoms with Gasteiger partial charge in [-0.3, -0.25) is 4.79 Å². The molecule has 114 valence electrons. The smallest absolute Gasteiger partial charge is 0.287 e. The molecule has 2 rings (SSSR count). The van der Waals surface area contributed by atoms with Crippen LogP contribution in [0.15, 0.2) is 34.1 Å². The van der Waals surface area contributed by atoms with Crippen LogP contribution in [0.1, 0.15) is 30.2 Å². The van der Waals surface area contributed by atoms with Crippen LogP contribution in [0, 0.1) is 0 Å². The Kier molecular flexibility index (Phi) is 4.74. The summed E-state index contributed by atoms with van der Waals surface area (Å²) in [6.07, 6.45) is 3.63. The van der Waals surface area contributed by atoms with E-state index < -0.39 is 5.54 Å². The lowest BCUT2D eigenvalue weighted by atomic mass is 10.1. The lowest BCUT2D eigenvalue weighted by Crippen LogP contribution is -2.45. The van der Waals surface area contributed by atoms with Crippen molar-refractivity contribution < 1.29 is 9.21 Å². The van der Waals surface area contributed by atoms with E-state index in [4.69, 9.17) is 10.2 Å². The highest BCUT2D eigenvalue weighted by Gasteiger charge is 2.16. The largest absolute Gasteiger partial charge is 0.455 e. The van der Waals surface area contributed by atoms with Gasteiger partial charge in [-0.05, 0) is 26.0 Å². The summed E-state index contributed by atoms with van der Waals surface area (Å²) in [5, 5.41) is 3.65. The molecule has 0 atom stereocenters. The summed E-state index contributed by atoms with van der Waals surface area (Å²) < 4.78 is 7.47. The second-order valence-electron chi connectivity index (χ2n) is 5.55. The summed E-state index contributed by atoms with van der Waals surface area (Å²) >= 11 is 1.56. The zero-order valence-electron chi connectivity index (χ0n) is 12.4. The molecule has 0 saturated carbocycles. The molecule has 0 spiro atoms. The maximum atomic E-state index is 11.9. The van der Waals surface area contributed by atoms with Crippen molar-refractivity contribution in [3.05, 3.63) is 36.0 Å². The first-order valence-electron chi connectivity index (χ1n) is 6.61. The van der Waals surface area contributed by atoms with E-state index in [1.54, 1.807) is 30.1 Å². The van der Waals surface area contributed by atoms with Gasteiger partial charge in [0, 0.05) is 31.5 Å². The van der Waals surface area contributed by atoms with Crippen molar-refractivity contribution in [3.63, 3.8) is 0 Å². The Morgan fingerprint density at radius 3 is 2.90 bits per heavy atom. The molecule has 2 aromatic heterocycles. The van der Waals surface area contributed by atoms with Gasteiger partial charge in [0.2, 0.25) is 0 Å². The van der Waals surface area contributed by atoms with E-state index >= 15 is 0 Å². The number of aryl methyl sites for hydroxylation is 1. The first-order chi connectivity index (χ1) is 9.85. The fourth-order valence-electron chi connectivity index (χ4n) is 1.60. The predicted octanol–water partition coefficient (Wildman–Crippen LogP) is 1.77. The highest BCUT2D eigenvalue weighted by molar-refractivity contribution is 7.98. The van der Waals surface area contributed by atoms with Crippen LogP contribution < -0.4 is 11.1 Å². The highest BCUT2D eigenvalue weighted by atomic mass is 32.2. The molecular weight excluding hydrogens is 288 g/mol. The number of hydrogen-bond donors (Lipinski definition) is 2. The second kappa shape index (κ2) is 6.36. The van der Waals surface area contributed by atoms with E-state index in [1.165, 1.54) is 0 Å². The number of hydrogen-bond acceptors (Lipinski definition) is 5. The van der Waals surface area contributed by atoms with Crippen LogP contribution in [-0.4, -0.2) is 27.5 Å². The number of nitrogens with zero attached hydrogens (tertiary/aromatic N) is 2. The lowest BCUT2D eigenvalue weighted by molar-refractivity contribution is 0.0917. The average Bonchev–Trinajstić information content (AvgIpc) is 3.02. The lowest BCUT2D eigenvalue weighted by Gasteiger charge is -2.18. The van der Waals surface area contributed by atoms with Crippen molar-refractivity contribution in [2.45, 2.75) is 30.3 Å². The number of carbonyl (C=O) groups excluding carboxylic acids is 1. The molecule has 2 aromatic rings.